The van der Waals surface area contributed by atoms with E-state index in [0.29, 0.717) is 0 Å². The maximum Gasteiger partial charge on any atom is 0.149 e. The van der Waals surface area contributed by atoms with Gasteiger partial charge in [0.05, 0.1) is 11.1 Å². The molecule has 96 valence electrons. The van der Waals surface area contributed by atoms with Crippen molar-refractivity contribution in [2.75, 3.05) is 12.0 Å². The van der Waals surface area contributed by atoms with Gasteiger partial charge in [-0.1, -0.05) is 32.0 Å². The Balaban J connectivity index is 2.99. The van der Waals surface area contributed by atoms with E-state index in [2.05, 4.69) is 13.8 Å². The van der Waals surface area contributed by atoms with Crippen LogP contribution in [-0.2, 0) is 22.7 Å². The van der Waals surface area contributed by atoms with Crippen molar-refractivity contribution in [2.45, 2.75) is 32.1 Å². The number of rotatable bonds is 5. The van der Waals surface area contributed by atoms with Crippen LogP contribution in [0.4, 0.5) is 0 Å². The molecule has 17 heavy (non-hydrogen) atoms. The largest absolute Gasteiger partial charge is 0.229 e. The van der Waals surface area contributed by atoms with E-state index in [4.69, 9.17) is 11.6 Å². The molecule has 0 aliphatic rings. The first-order valence-corrected chi connectivity index (χ1v) is 8.30. The van der Waals surface area contributed by atoms with Crippen molar-refractivity contribution in [3.05, 3.63) is 34.9 Å². The monoisotopic (exact) mass is 274 g/mol. The molecule has 0 aromatic heterocycles. The minimum absolute atomic E-state index is 0.0107. The fraction of sp³-hybridized carbons (Fsp3) is 0.538. The number of benzene rings is 1. The SMILES string of the molecule is CCc1ccc(C(Cl)CS(C)(=O)=O)cc1CC. The third kappa shape index (κ3) is 4.32. The molecule has 1 aromatic carbocycles. The first-order valence-electron chi connectivity index (χ1n) is 5.80. The summed E-state index contributed by atoms with van der Waals surface area (Å²) in [7, 11) is -3.04. The first kappa shape index (κ1) is 14.5. The van der Waals surface area contributed by atoms with Gasteiger partial charge >= 0.3 is 0 Å². The van der Waals surface area contributed by atoms with Crippen molar-refractivity contribution in [1.82, 2.24) is 0 Å². The zero-order chi connectivity index (χ0) is 13.1. The summed E-state index contributed by atoms with van der Waals surface area (Å²) in [5.41, 5.74) is 3.45. The number of hydrogen-bond donors (Lipinski definition) is 0. The Morgan fingerprint density at radius 2 is 1.76 bits per heavy atom. The van der Waals surface area contributed by atoms with Crippen molar-refractivity contribution >= 4 is 21.4 Å². The van der Waals surface area contributed by atoms with Gasteiger partial charge in [0.1, 0.15) is 9.84 Å². The second-order valence-electron chi connectivity index (χ2n) is 4.30. The van der Waals surface area contributed by atoms with Gasteiger partial charge in [-0.3, -0.25) is 0 Å². The number of aryl methyl sites for hydroxylation is 2. The van der Waals surface area contributed by atoms with E-state index in [0.717, 1.165) is 18.4 Å². The average molecular weight is 275 g/mol. The number of hydrogen-bond acceptors (Lipinski definition) is 2. The zero-order valence-corrected chi connectivity index (χ0v) is 12.1. The molecule has 0 aliphatic heterocycles. The summed E-state index contributed by atoms with van der Waals surface area (Å²) in [4.78, 5) is 0. The predicted octanol–water partition coefficient (Wildman–Crippen LogP) is 3.14. The minimum atomic E-state index is -3.04. The molecule has 1 rings (SSSR count). The van der Waals surface area contributed by atoms with Crippen molar-refractivity contribution in [1.29, 1.82) is 0 Å². The molecule has 1 atom stereocenters. The lowest BCUT2D eigenvalue weighted by Crippen LogP contribution is -2.09. The number of alkyl halides is 1. The van der Waals surface area contributed by atoms with Gasteiger partial charge in [-0.25, -0.2) is 8.42 Å². The van der Waals surface area contributed by atoms with Crippen LogP contribution in [0.1, 0.15) is 35.9 Å². The van der Waals surface area contributed by atoms with Gasteiger partial charge in [-0.2, -0.15) is 0 Å². The normalized spacial score (nSPS) is 13.6. The van der Waals surface area contributed by atoms with Gasteiger partial charge in [0.25, 0.3) is 0 Å². The lowest BCUT2D eigenvalue weighted by molar-refractivity contribution is 0.600. The summed E-state index contributed by atoms with van der Waals surface area (Å²) in [6.07, 6.45) is 3.14. The number of halogens is 1. The molecule has 0 saturated heterocycles. The van der Waals surface area contributed by atoms with Gasteiger partial charge < -0.3 is 0 Å². The third-order valence-corrected chi connectivity index (χ3v) is 4.33. The fourth-order valence-corrected chi connectivity index (χ4v) is 3.42. The predicted molar refractivity (Wildman–Crippen MR) is 73.5 cm³/mol. The summed E-state index contributed by atoms with van der Waals surface area (Å²) < 4.78 is 22.4. The highest BCUT2D eigenvalue weighted by Gasteiger charge is 2.15. The van der Waals surface area contributed by atoms with Crippen LogP contribution in [0.3, 0.4) is 0 Å². The molecule has 0 bridgehead atoms. The second kappa shape index (κ2) is 5.87. The van der Waals surface area contributed by atoms with Crippen LogP contribution in [0, 0.1) is 0 Å². The molecular weight excluding hydrogens is 256 g/mol. The Bertz CT molecular complexity index is 480. The lowest BCUT2D eigenvalue weighted by atomic mass is 9.99. The van der Waals surface area contributed by atoms with E-state index in [-0.39, 0.29) is 5.75 Å². The van der Waals surface area contributed by atoms with Crippen LogP contribution in [0.5, 0.6) is 0 Å². The first-order chi connectivity index (χ1) is 7.87. The lowest BCUT2D eigenvalue weighted by Gasteiger charge is -2.12. The molecule has 0 heterocycles. The highest BCUT2D eigenvalue weighted by molar-refractivity contribution is 7.90. The van der Waals surface area contributed by atoms with Crippen LogP contribution >= 0.6 is 11.6 Å². The quantitative estimate of drug-likeness (QED) is 0.773. The van der Waals surface area contributed by atoms with E-state index >= 15 is 0 Å². The van der Waals surface area contributed by atoms with Crippen molar-refractivity contribution < 1.29 is 8.42 Å². The summed E-state index contributed by atoms with van der Waals surface area (Å²) in [6.45, 7) is 4.21. The summed E-state index contributed by atoms with van der Waals surface area (Å²) in [5, 5.41) is -0.457. The Labute approximate surface area is 109 Å². The molecule has 0 N–H and O–H groups in total. The molecule has 1 unspecified atom stereocenters. The van der Waals surface area contributed by atoms with Crippen LogP contribution in [-0.4, -0.2) is 20.4 Å². The van der Waals surface area contributed by atoms with E-state index < -0.39 is 15.2 Å². The maximum absolute atomic E-state index is 11.2. The van der Waals surface area contributed by atoms with Crippen molar-refractivity contribution in [3.63, 3.8) is 0 Å². The van der Waals surface area contributed by atoms with Crippen molar-refractivity contribution in [2.24, 2.45) is 0 Å². The molecular formula is C13H19ClO2S. The standard InChI is InChI=1S/C13H19ClO2S/c1-4-10-6-7-12(8-11(10)5-2)13(14)9-17(3,15)16/h6-8,13H,4-5,9H2,1-3H3. The van der Waals surface area contributed by atoms with E-state index in [9.17, 15) is 8.42 Å². The smallest absolute Gasteiger partial charge is 0.149 e. The highest BCUT2D eigenvalue weighted by atomic mass is 35.5. The van der Waals surface area contributed by atoms with Crippen LogP contribution in [0.2, 0.25) is 0 Å². The van der Waals surface area contributed by atoms with E-state index in [1.165, 1.54) is 17.4 Å². The molecule has 0 spiro atoms. The molecule has 0 saturated carbocycles. The summed E-state index contributed by atoms with van der Waals surface area (Å²) in [6, 6.07) is 6.01. The zero-order valence-electron chi connectivity index (χ0n) is 10.5. The Hall–Kier alpha value is -0.540. The van der Waals surface area contributed by atoms with Gasteiger partial charge in [0.15, 0.2) is 0 Å². The summed E-state index contributed by atoms with van der Waals surface area (Å²) in [5.74, 6) is -0.0107. The highest BCUT2D eigenvalue weighted by Crippen LogP contribution is 2.25. The molecule has 0 aliphatic carbocycles. The molecule has 1 aromatic rings. The van der Waals surface area contributed by atoms with Gasteiger partial charge in [0.2, 0.25) is 0 Å². The summed E-state index contributed by atoms with van der Waals surface area (Å²) >= 11 is 6.14. The molecule has 2 nitrogen and oxygen atoms in total. The van der Waals surface area contributed by atoms with Gasteiger partial charge in [0, 0.05) is 6.26 Å². The fourth-order valence-electron chi connectivity index (χ4n) is 1.88. The average Bonchev–Trinajstić information content (AvgIpc) is 2.25. The third-order valence-electron chi connectivity index (χ3n) is 2.80. The molecule has 0 fully saturated rings. The van der Waals surface area contributed by atoms with Crippen LogP contribution < -0.4 is 0 Å². The van der Waals surface area contributed by atoms with Gasteiger partial charge in [-0.05, 0) is 29.5 Å². The second-order valence-corrected chi connectivity index (χ2v) is 7.01. The molecule has 0 amide bonds. The Morgan fingerprint density at radius 1 is 1.18 bits per heavy atom. The minimum Gasteiger partial charge on any atom is -0.229 e. The number of sulfone groups is 1. The van der Waals surface area contributed by atoms with E-state index in [1.807, 2.05) is 18.2 Å². The van der Waals surface area contributed by atoms with Crippen LogP contribution in [0.25, 0.3) is 0 Å². The topological polar surface area (TPSA) is 34.1 Å². The van der Waals surface area contributed by atoms with Gasteiger partial charge in [-0.15, -0.1) is 11.6 Å². The molecule has 4 heteroatoms. The maximum atomic E-state index is 11.2. The Morgan fingerprint density at radius 3 is 2.24 bits per heavy atom. The van der Waals surface area contributed by atoms with E-state index in [1.54, 1.807) is 0 Å². The molecule has 0 radical (unpaired) electrons. The van der Waals surface area contributed by atoms with Crippen molar-refractivity contribution in [3.8, 4) is 0 Å². The Kier molecular flexibility index (Phi) is 5.02. The van der Waals surface area contributed by atoms with Crippen LogP contribution in [0.15, 0.2) is 18.2 Å².